The van der Waals surface area contributed by atoms with Crippen molar-refractivity contribution in [3.63, 3.8) is 0 Å². The van der Waals surface area contributed by atoms with Gasteiger partial charge < -0.3 is 4.74 Å². The monoisotopic (exact) mass is 620 g/mol. The molecule has 4 aliphatic carbocycles. The number of carbonyl (C=O) groups is 4. The molecular weight excluding hydrogens is 595 g/mol. The third-order valence-electron chi connectivity index (χ3n) is 9.97. The lowest BCUT2D eigenvalue weighted by atomic mass is 9.63. The van der Waals surface area contributed by atoms with Crippen molar-refractivity contribution >= 4 is 51.8 Å². The van der Waals surface area contributed by atoms with Gasteiger partial charge in [-0.15, -0.1) is 0 Å². The summed E-state index contributed by atoms with van der Waals surface area (Å²) in [4.78, 5) is 59.2. The number of anilines is 1. The van der Waals surface area contributed by atoms with E-state index in [1.54, 1.807) is 49.4 Å². The van der Waals surface area contributed by atoms with E-state index in [2.05, 4.69) is 12.2 Å². The van der Waals surface area contributed by atoms with Gasteiger partial charge in [0.2, 0.25) is 11.8 Å². The van der Waals surface area contributed by atoms with Crippen LogP contribution in [-0.4, -0.2) is 35.2 Å². The fraction of sp³-hybridized carbons (Fsp3) is 0.250. The van der Waals surface area contributed by atoms with Crippen LogP contribution in [0.25, 0.3) is 22.2 Å². The zero-order chi connectivity index (χ0) is 31.1. The molecule has 5 aliphatic rings. The van der Waals surface area contributed by atoms with E-state index < -0.39 is 24.2 Å². The number of rotatable bonds is 6. The number of benzene rings is 3. The Bertz CT molecular complexity index is 1950. The molecule has 0 N–H and O–H groups in total. The molecule has 0 radical (unpaired) electrons. The van der Waals surface area contributed by atoms with Crippen LogP contribution in [0.2, 0.25) is 5.02 Å². The lowest BCUT2D eigenvalue weighted by Crippen LogP contribution is -2.40. The second-order valence-corrected chi connectivity index (χ2v) is 12.8. The van der Waals surface area contributed by atoms with Gasteiger partial charge in [-0.25, -0.2) is 14.2 Å². The quantitative estimate of drug-likeness (QED) is 0.104. The van der Waals surface area contributed by atoms with Gasteiger partial charge in [-0.3, -0.25) is 19.3 Å². The van der Waals surface area contributed by atoms with Crippen LogP contribution in [0.3, 0.4) is 0 Å². The Kier molecular flexibility index (Phi) is 6.29. The average molecular weight is 621 g/mol. The van der Waals surface area contributed by atoms with Crippen molar-refractivity contribution in [3.05, 3.63) is 106 Å². The van der Waals surface area contributed by atoms with Crippen LogP contribution in [-0.2, 0) is 14.3 Å². The molecule has 6 unspecified atom stereocenters. The first-order valence-electron chi connectivity index (χ1n) is 14.9. The average Bonchev–Trinajstić information content (AvgIpc) is 3.84. The number of esters is 1. The first-order chi connectivity index (χ1) is 21.7. The number of carbonyl (C=O) groups excluding carboxylic acids is 4. The minimum atomic E-state index is -0.727. The van der Waals surface area contributed by atoms with Crippen LogP contribution in [0.1, 0.15) is 32.7 Å². The minimum absolute atomic E-state index is 0.128. The van der Waals surface area contributed by atoms with Crippen LogP contribution in [0.4, 0.5) is 10.1 Å². The molecule has 3 fully saturated rings. The predicted molar refractivity (Wildman–Crippen MR) is 165 cm³/mol. The van der Waals surface area contributed by atoms with Crippen LogP contribution in [0.5, 0.6) is 0 Å². The highest BCUT2D eigenvalue weighted by Crippen LogP contribution is 2.65. The maximum atomic E-state index is 13.6. The number of nitrogens with zero attached hydrogens (tertiary/aromatic N) is 2. The summed E-state index contributed by atoms with van der Waals surface area (Å²) in [6, 6.07) is 16.9. The molecule has 1 aliphatic heterocycles. The Morgan fingerprint density at radius 1 is 0.933 bits per heavy atom. The number of hydrogen-bond acceptors (Lipinski definition) is 6. The number of hydrogen-bond donors (Lipinski definition) is 0. The Morgan fingerprint density at radius 3 is 2.22 bits per heavy atom. The normalized spacial score (nSPS) is 25.8. The SMILES string of the molecule is Cc1c(Cl)ccc2c(C(=O)OCC(=O)c3ccc(F)cc3)cc(-c3ccc(N4C(=O)C5C6C=CC(C7CC67)C5C4=O)cc3)nc12. The largest absolute Gasteiger partial charge is 0.454 e. The number of amides is 2. The third kappa shape index (κ3) is 4.34. The smallest absolute Gasteiger partial charge is 0.339 e. The summed E-state index contributed by atoms with van der Waals surface area (Å²) in [5.74, 6) is -1.15. The number of Topliss-reactive ketones (excluding diaryl/α,β-unsaturated/α-hetero) is 1. The minimum Gasteiger partial charge on any atom is -0.454 e. The van der Waals surface area contributed by atoms with Crippen LogP contribution >= 0.6 is 11.6 Å². The highest BCUT2D eigenvalue weighted by Gasteiger charge is 2.67. The molecule has 1 aromatic heterocycles. The van der Waals surface area contributed by atoms with Gasteiger partial charge in [0.15, 0.2) is 12.4 Å². The van der Waals surface area contributed by atoms with Crippen molar-refractivity contribution in [1.29, 1.82) is 0 Å². The highest BCUT2D eigenvalue weighted by molar-refractivity contribution is 6.32. The first kappa shape index (κ1) is 27.8. The Morgan fingerprint density at radius 2 is 1.58 bits per heavy atom. The summed E-state index contributed by atoms with van der Waals surface area (Å²) in [6.45, 7) is 1.27. The number of ether oxygens (including phenoxy) is 1. The Labute approximate surface area is 262 Å². The maximum absolute atomic E-state index is 13.6. The number of halogens is 2. The molecule has 2 amide bonds. The molecule has 2 heterocycles. The van der Waals surface area contributed by atoms with Gasteiger partial charge in [-0.2, -0.15) is 0 Å². The molecule has 6 atom stereocenters. The highest BCUT2D eigenvalue weighted by atomic mass is 35.5. The zero-order valence-corrected chi connectivity index (χ0v) is 24.8. The number of aromatic nitrogens is 1. The third-order valence-corrected chi connectivity index (χ3v) is 10.4. The summed E-state index contributed by atoms with van der Waals surface area (Å²) in [7, 11) is 0. The Balaban J connectivity index is 1.09. The number of imide groups is 1. The van der Waals surface area contributed by atoms with Crippen LogP contribution in [0, 0.1) is 48.2 Å². The van der Waals surface area contributed by atoms with E-state index in [1.807, 2.05) is 0 Å². The fourth-order valence-electron chi connectivity index (χ4n) is 7.64. The van der Waals surface area contributed by atoms with Crippen molar-refractivity contribution < 1.29 is 28.3 Å². The molecule has 2 saturated carbocycles. The lowest BCUT2D eigenvalue weighted by Gasteiger charge is -2.37. The molecular formula is C36H26ClFN2O5. The summed E-state index contributed by atoms with van der Waals surface area (Å²) < 4.78 is 18.7. The molecule has 9 heteroatoms. The van der Waals surface area contributed by atoms with E-state index >= 15 is 0 Å². The molecule has 45 heavy (non-hydrogen) atoms. The molecule has 2 bridgehead atoms. The fourth-order valence-corrected chi connectivity index (χ4v) is 7.79. The number of pyridine rings is 1. The summed E-state index contributed by atoms with van der Waals surface area (Å²) >= 11 is 6.41. The van der Waals surface area contributed by atoms with E-state index in [1.165, 1.54) is 29.2 Å². The summed E-state index contributed by atoms with van der Waals surface area (Å²) in [5, 5.41) is 0.982. The molecule has 4 aromatic rings. The van der Waals surface area contributed by atoms with E-state index in [0.717, 1.165) is 6.42 Å². The van der Waals surface area contributed by atoms with Gasteiger partial charge in [0, 0.05) is 21.5 Å². The first-order valence-corrected chi connectivity index (χ1v) is 15.3. The van der Waals surface area contributed by atoms with Gasteiger partial charge in [0.05, 0.1) is 34.3 Å². The van der Waals surface area contributed by atoms with Gasteiger partial charge in [-0.05, 0) is 91.1 Å². The van der Waals surface area contributed by atoms with Gasteiger partial charge in [0.25, 0.3) is 0 Å². The predicted octanol–water partition coefficient (Wildman–Crippen LogP) is 6.60. The standard InChI is InChI=1S/C36H26ClFN2O5/c1-17-28(37)13-12-24-27(36(44)45-16-30(41)19-2-6-20(38)7-3-19)15-29(39-33(17)24)18-4-8-21(9-5-18)40-34(42)31-22-10-11-23(26-14-25(22)26)32(31)35(40)43/h2-13,15,22-23,25-26,31-32H,14,16H2,1H3. The summed E-state index contributed by atoms with van der Waals surface area (Å²) in [5.41, 5.74) is 3.19. The van der Waals surface area contributed by atoms with Crippen LogP contribution in [0.15, 0.2) is 78.9 Å². The van der Waals surface area contributed by atoms with E-state index in [0.29, 0.717) is 50.3 Å². The van der Waals surface area contributed by atoms with Crippen molar-refractivity contribution in [1.82, 2.24) is 4.98 Å². The topological polar surface area (TPSA) is 93.6 Å². The number of aryl methyl sites for hydroxylation is 1. The van der Waals surface area contributed by atoms with E-state index in [9.17, 15) is 23.6 Å². The second kappa shape index (κ2) is 10.2. The number of ketones is 1. The lowest BCUT2D eigenvalue weighted by molar-refractivity contribution is -0.124. The van der Waals surface area contributed by atoms with Crippen molar-refractivity contribution in [3.8, 4) is 11.3 Å². The zero-order valence-electron chi connectivity index (χ0n) is 24.1. The number of allylic oxidation sites excluding steroid dienone is 2. The summed E-state index contributed by atoms with van der Waals surface area (Å²) in [6.07, 6.45) is 5.41. The molecule has 224 valence electrons. The van der Waals surface area contributed by atoms with Crippen molar-refractivity contribution in [2.75, 3.05) is 11.5 Å². The van der Waals surface area contributed by atoms with E-state index in [4.69, 9.17) is 21.3 Å². The van der Waals surface area contributed by atoms with Crippen LogP contribution < -0.4 is 4.90 Å². The van der Waals surface area contributed by atoms with E-state index in [-0.39, 0.29) is 46.6 Å². The Hall–Kier alpha value is -4.69. The molecule has 1 saturated heterocycles. The molecule has 7 nitrogen and oxygen atoms in total. The van der Waals surface area contributed by atoms with Gasteiger partial charge in [0.1, 0.15) is 5.82 Å². The second-order valence-electron chi connectivity index (χ2n) is 12.3. The van der Waals surface area contributed by atoms with Gasteiger partial charge in [-0.1, -0.05) is 42.0 Å². The van der Waals surface area contributed by atoms with Crippen molar-refractivity contribution in [2.45, 2.75) is 13.3 Å². The molecule has 0 spiro atoms. The number of fused-ring (bicyclic) bond motifs is 1. The molecule has 3 aromatic carbocycles. The van der Waals surface area contributed by atoms with Crippen molar-refractivity contribution in [2.24, 2.45) is 35.5 Å². The molecule has 9 rings (SSSR count). The van der Waals surface area contributed by atoms with Gasteiger partial charge >= 0.3 is 5.97 Å². The maximum Gasteiger partial charge on any atom is 0.339 e.